The molecule has 1 fully saturated rings. The van der Waals surface area contributed by atoms with Gasteiger partial charge in [0.05, 0.1) is 10.2 Å². The smallest absolute Gasteiger partial charge is 0.410 e. The zero-order chi connectivity index (χ0) is 18.1. The minimum atomic E-state index is -0.508. The third-order valence-electron chi connectivity index (χ3n) is 3.45. The van der Waals surface area contributed by atoms with Crippen molar-refractivity contribution in [3.05, 3.63) is 16.4 Å². The highest BCUT2D eigenvalue weighted by molar-refractivity contribution is 9.10. The molecule has 2 heterocycles. The summed E-state index contributed by atoms with van der Waals surface area (Å²) in [6.45, 7) is 10.2. The highest BCUT2D eigenvalue weighted by atomic mass is 79.9. The number of hydrogen-bond acceptors (Lipinski definition) is 5. The van der Waals surface area contributed by atoms with Gasteiger partial charge in [0.1, 0.15) is 5.60 Å². The molecule has 0 saturated carbocycles. The van der Waals surface area contributed by atoms with Gasteiger partial charge in [0.15, 0.2) is 0 Å². The Labute approximate surface area is 150 Å². The van der Waals surface area contributed by atoms with Crippen molar-refractivity contribution in [2.45, 2.75) is 46.1 Å². The van der Waals surface area contributed by atoms with E-state index >= 15 is 0 Å². The predicted octanol–water partition coefficient (Wildman–Crippen LogP) is 3.17. The van der Waals surface area contributed by atoms with Gasteiger partial charge in [-0.25, -0.2) is 14.8 Å². The molecular formula is C16H23BrN4O3. The molecule has 132 valence electrons. The topological polar surface area (TPSA) is 84.4 Å². The van der Waals surface area contributed by atoms with Crippen molar-refractivity contribution in [1.82, 2.24) is 14.9 Å². The summed E-state index contributed by atoms with van der Waals surface area (Å²) in [5.74, 6) is 0.0894. The lowest BCUT2D eigenvalue weighted by molar-refractivity contribution is -0.118. The van der Waals surface area contributed by atoms with Crippen molar-refractivity contribution in [3.8, 4) is 0 Å². The van der Waals surface area contributed by atoms with Crippen molar-refractivity contribution >= 4 is 33.9 Å². The standard InChI is InChI=1S/C16H23BrN4O3/c1-9(2)13(22)20-14-18-6-11(17)12(19-14)10-7-21(8-10)15(23)24-16(3,4)5/h6,9-10H,7-8H2,1-5H3,(H,18,19,20,22). The van der Waals surface area contributed by atoms with E-state index < -0.39 is 5.60 Å². The first-order valence-electron chi connectivity index (χ1n) is 7.88. The fourth-order valence-electron chi connectivity index (χ4n) is 2.11. The molecule has 0 bridgehead atoms. The number of carbonyl (C=O) groups excluding carboxylic acids is 2. The Morgan fingerprint density at radius 2 is 2.00 bits per heavy atom. The largest absolute Gasteiger partial charge is 0.444 e. The number of nitrogens with one attached hydrogen (secondary N) is 1. The summed E-state index contributed by atoms with van der Waals surface area (Å²) < 4.78 is 6.11. The maximum atomic E-state index is 12.0. The summed E-state index contributed by atoms with van der Waals surface area (Å²) in [7, 11) is 0. The lowest BCUT2D eigenvalue weighted by atomic mass is 9.97. The number of rotatable bonds is 3. The fraction of sp³-hybridized carbons (Fsp3) is 0.625. The van der Waals surface area contributed by atoms with Crippen LogP contribution in [0.3, 0.4) is 0 Å². The Kier molecular flexibility index (Phi) is 5.47. The molecule has 0 aliphatic carbocycles. The normalized spacial score (nSPS) is 15.2. The summed E-state index contributed by atoms with van der Waals surface area (Å²) in [5, 5.41) is 2.69. The Morgan fingerprint density at radius 3 is 2.54 bits per heavy atom. The number of amides is 2. The lowest BCUT2D eigenvalue weighted by Crippen LogP contribution is -2.50. The minimum absolute atomic E-state index is 0.0876. The summed E-state index contributed by atoms with van der Waals surface area (Å²) in [6.07, 6.45) is 1.30. The quantitative estimate of drug-likeness (QED) is 0.844. The fourth-order valence-corrected chi connectivity index (χ4v) is 2.62. The molecule has 1 N–H and O–H groups in total. The molecule has 0 unspecified atom stereocenters. The molecule has 1 aliphatic heterocycles. The Morgan fingerprint density at radius 1 is 1.38 bits per heavy atom. The Balaban J connectivity index is 2.01. The van der Waals surface area contributed by atoms with Crippen LogP contribution in [0.5, 0.6) is 0 Å². The minimum Gasteiger partial charge on any atom is -0.444 e. The van der Waals surface area contributed by atoms with Crippen LogP contribution in [0.25, 0.3) is 0 Å². The van der Waals surface area contributed by atoms with Crippen molar-refractivity contribution in [1.29, 1.82) is 0 Å². The van der Waals surface area contributed by atoms with Crippen LogP contribution in [0.2, 0.25) is 0 Å². The average Bonchev–Trinajstić information content (AvgIpc) is 2.38. The van der Waals surface area contributed by atoms with Crippen molar-refractivity contribution in [2.24, 2.45) is 5.92 Å². The van der Waals surface area contributed by atoms with Crippen LogP contribution in [0.1, 0.15) is 46.2 Å². The molecular weight excluding hydrogens is 376 g/mol. The third-order valence-corrected chi connectivity index (χ3v) is 4.06. The van der Waals surface area contributed by atoms with Crippen molar-refractivity contribution in [3.63, 3.8) is 0 Å². The number of anilines is 1. The molecule has 1 saturated heterocycles. The SMILES string of the molecule is CC(C)C(=O)Nc1ncc(Br)c(C2CN(C(=O)OC(C)(C)C)C2)n1. The molecule has 1 aliphatic rings. The second kappa shape index (κ2) is 7.04. The number of carbonyl (C=O) groups is 2. The van der Waals surface area contributed by atoms with Gasteiger partial charge < -0.3 is 9.64 Å². The molecule has 0 atom stereocenters. The van der Waals surface area contributed by atoms with Crippen LogP contribution < -0.4 is 5.32 Å². The number of nitrogens with zero attached hydrogens (tertiary/aromatic N) is 3. The van der Waals surface area contributed by atoms with Crippen LogP contribution in [0.4, 0.5) is 10.7 Å². The maximum Gasteiger partial charge on any atom is 0.410 e. The molecule has 0 aromatic carbocycles. The summed E-state index contributed by atoms with van der Waals surface area (Å²) >= 11 is 3.43. The second-order valence-electron chi connectivity index (χ2n) is 7.15. The lowest BCUT2D eigenvalue weighted by Gasteiger charge is -2.39. The molecule has 1 aromatic heterocycles. The molecule has 8 heteroatoms. The number of aromatic nitrogens is 2. The zero-order valence-electron chi connectivity index (χ0n) is 14.6. The van der Waals surface area contributed by atoms with Crippen molar-refractivity contribution < 1.29 is 14.3 Å². The number of hydrogen-bond donors (Lipinski definition) is 1. The van der Waals surface area contributed by atoms with Gasteiger partial charge in [0, 0.05) is 31.1 Å². The van der Waals surface area contributed by atoms with E-state index in [0.717, 1.165) is 10.2 Å². The van der Waals surface area contributed by atoms with E-state index in [0.29, 0.717) is 13.1 Å². The summed E-state index contributed by atoms with van der Waals surface area (Å²) in [4.78, 5) is 33.9. The first-order valence-corrected chi connectivity index (χ1v) is 8.67. The molecule has 7 nitrogen and oxygen atoms in total. The maximum absolute atomic E-state index is 12.0. The van der Waals surface area contributed by atoms with Gasteiger partial charge in [-0.15, -0.1) is 0 Å². The molecule has 1 aromatic rings. The highest BCUT2D eigenvalue weighted by Crippen LogP contribution is 2.32. The van der Waals surface area contributed by atoms with E-state index in [2.05, 4.69) is 31.2 Å². The van der Waals surface area contributed by atoms with E-state index in [1.807, 2.05) is 20.8 Å². The molecule has 2 amide bonds. The van der Waals surface area contributed by atoms with Crippen molar-refractivity contribution in [2.75, 3.05) is 18.4 Å². The van der Waals surface area contributed by atoms with Crippen LogP contribution in [0.15, 0.2) is 10.7 Å². The zero-order valence-corrected chi connectivity index (χ0v) is 16.2. The van der Waals surface area contributed by atoms with Crippen LogP contribution in [-0.4, -0.2) is 45.6 Å². The first kappa shape index (κ1) is 18.6. The van der Waals surface area contributed by atoms with Gasteiger partial charge in [-0.1, -0.05) is 13.8 Å². The van der Waals surface area contributed by atoms with Gasteiger partial charge in [0.2, 0.25) is 11.9 Å². The number of likely N-dealkylation sites (tertiary alicyclic amines) is 1. The van der Waals surface area contributed by atoms with Gasteiger partial charge in [-0.2, -0.15) is 0 Å². The van der Waals surface area contributed by atoms with Gasteiger partial charge in [0.25, 0.3) is 0 Å². The third kappa shape index (κ3) is 4.66. The second-order valence-corrected chi connectivity index (χ2v) is 8.01. The molecule has 0 radical (unpaired) electrons. The summed E-state index contributed by atoms with van der Waals surface area (Å²) in [5.41, 5.74) is 0.273. The molecule has 24 heavy (non-hydrogen) atoms. The van der Waals surface area contributed by atoms with E-state index in [9.17, 15) is 9.59 Å². The van der Waals surface area contributed by atoms with E-state index in [1.54, 1.807) is 24.9 Å². The van der Waals surface area contributed by atoms with Gasteiger partial charge in [-0.05, 0) is 36.7 Å². The highest BCUT2D eigenvalue weighted by Gasteiger charge is 2.36. The van der Waals surface area contributed by atoms with Crippen LogP contribution in [-0.2, 0) is 9.53 Å². The average molecular weight is 399 g/mol. The van der Waals surface area contributed by atoms with E-state index in [-0.39, 0.29) is 29.8 Å². The van der Waals surface area contributed by atoms with Gasteiger partial charge in [-0.3, -0.25) is 10.1 Å². The Bertz CT molecular complexity index is 637. The number of ether oxygens (including phenoxy) is 1. The van der Waals surface area contributed by atoms with E-state index in [1.165, 1.54) is 0 Å². The Hall–Kier alpha value is -1.70. The molecule has 0 spiro atoms. The van der Waals surface area contributed by atoms with Gasteiger partial charge >= 0.3 is 6.09 Å². The number of halogens is 1. The predicted molar refractivity (Wildman–Crippen MR) is 93.7 cm³/mol. The van der Waals surface area contributed by atoms with Crippen LogP contribution >= 0.6 is 15.9 Å². The molecule has 2 rings (SSSR count). The first-order chi connectivity index (χ1) is 11.1. The summed E-state index contributed by atoms with van der Waals surface area (Å²) in [6, 6.07) is 0. The van der Waals surface area contributed by atoms with Crippen LogP contribution in [0, 0.1) is 5.92 Å². The monoisotopic (exact) mass is 398 g/mol. The van der Waals surface area contributed by atoms with E-state index in [4.69, 9.17) is 4.74 Å².